The van der Waals surface area contributed by atoms with Gasteiger partial charge in [-0.2, -0.15) is 5.26 Å². The summed E-state index contributed by atoms with van der Waals surface area (Å²) < 4.78 is 5.40. The third-order valence-electron chi connectivity index (χ3n) is 2.32. The molecule has 4 heteroatoms. The number of hydrogen-bond acceptors (Lipinski definition) is 4. The smallest absolute Gasteiger partial charge is 0.140 e. The first-order chi connectivity index (χ1) is 7.96. The molecule has 1 aromatic rings. The summed E-state index contributed by atoms with van der Waals surface area (Å²) >= 11 is 0. The molecule has 4 nitrogen and oxygen atoms in total. The van der Waals surface area contributed by atoms with E-state index in [1.807, 2.05) is 18.2 Å². The van der Waals surface area contributed by atoms with Gasteiger partial charge in [-0.1, -0.05) is 6.07 Å². The van der Waals surface area contributed by atoms with E-state index >= 15 is 0 Å². The van der Waals surface area contributed by atoms with Crippen LogP contribution in [0.5, 0.6) is 0 Å². The van der Waals surface area contributed by atoms with Crippen molar-refractivity contribution in [3.63, 3.8) is 0 Å². The number of ether oxygens (including phenoxy) is 1. The van der Waals surface area contributed by atoms with Crippen molar-refractivity contribution in [2.45, 2.75) is 32.4 Å². The molecule has 0 spiro atoms. The van der Waals surface area contributed by atoms with Gasteiger partial charge in [0.15, 0.2) is 0 Å². The van der Waals surface area contributed by atoms with Crippen molar-refractivity contribution < 1.29 is 4.74 Å². The van der Waals surface area contributed by atoms with Gasteiger partial charge < -0.3 is 10.1 Å². The van der Waals surface area contributed by atoms with E-state index in [1.54, 1.807) is 13.2 Å². The Hall–Kier alpha value is -1.44. The van der Waals surface area contributed by atoms with Gasteiger partial charge >= 0.3 is 0 Å². The molecular weight excluding hydrogens is 214 g/mol. The van der Waals surface area contributed by atoms with E-state index in [0.717, 1.165) is 5.69 Å². The molecule has 17 heavy (non-hydrogen) atoms. The minimum Gasteiger partial charge on any atom is -0.374 e. The summed E-state index contributed by atoms with van der Waals surface area (Å²) in [5.41, 5.74) is 1.23. The number of nitrogens with zero attached hydrogens (tertiary/aromatic N) is 2. The quantitative estimate of drug-likeness (QED) is 0.864. The Morgan fingerprint density at radius 1 is 1.47 bits per heavy atom. The topological polar surface area (TPSA) is 57.9 Å². The maximum absolute atomic E-state index is 8.81. The fourth-order valence-electron chi connectivity index (χ4n) is 1.40. The normalized spacial score (nSPS) is 13.1. The van der Waals surface area contributed by atoms with Crippen LogP contribution >= 0.6 is 0 Å². The molecule has 0 aliphatic rings. The number of nitrogens with one attached hydrogen (secondary N) is 1. The van der Waals surface area contributed by atoms with Gasteiger partial charge in [0, 0.05) is 19.2 Å². The minimum atomic E-state index is -0.137. The Morgan fingerprint density at radius 2 is 2.18 bits per heavy atom. The van der Waals surface area contributed by atoms with Gasteiger partial charge in [0.05, 0.1) is 5.69 Å². The monoisotopic (exact) mass is 233 g/mol. The molecule has 0 saturated carbocycles. The molecule has 0 saturated heterocycles. The molecule has 92 valence electrons. The molecule has 1 unspecified atom stereocenters. The van der Waals surface area contributed by atoms with E-state index in [9.17, 15) is 0 Å². The van der Waals surface area contributed by atoms with E-state index in [0.29, 0.717) is 12.2 Å². The highest BCUT2D eigenvalue weighted by molar-refractivity contribution is 5.23. The molecule has 1 N–H and O–H groups in total. The Balaban J connectivity index is 2.76. The van der Waals surface area contributed by atoms with E-state index in [-0.39, 0.29) is 11.6 Å². The second-order valence-corrected chi connectivity index (χ2v) is 4.91. The van der Waals surface area contributed by atoms with Gasteiger partial charge in [0.2, 0.25) is 0 Å². The van der Waals surface area contributed by atoms with Crippen molar-refractivity contribution in [1.29, 1.82) is 5.26 Å². The van der Waals surface area contributed by atoms with Gasteiger partial charge in [-0.3, -0.25) is 0 Å². The molecule has 1 atom stereocenters. The maximum atomic E-state index is 8.81. The predicted molar refractivity (Wildman–Crippen MR) is 66.5 cm³/mol. The van der Waals surface area contributed by atoms with E-state index in [1.165, 1.54) is 0 Å². The van der Waals surface area contributed by atoms with Crippen LogP contribution in [0.3, 0.4) is 0 Å². The largest absolute Gasteiger partial charge is 0.374 e. The molecule has 0 radical (unpaired) electrons. The second-order valence-electron chi connectivity index (χ2n) is 4.91. The number of rotatable bonds is 4. The number of methoxy groups -OCH3 is 1. The third-order valence-corrected chi connectivity index (χ3v) is 2.32. The first-order valence-corrected chi connectivity index (χ1v) is 5.61. The molecule has 1 aromatic heterocycles. The highest BCUT2D eigenvalue weighted by Gasteiger charge is 2.16. The van der Waals surface area contributed by atoms with Crippen LogP contribution in [0.25, 0.3) is 0 Å². The highest BCUT2D eigenvalue weighted by atomic mass is 16.5. The molecule has 0 aliphatic heterocycles. The van der Waals surface area contributed by atoms with Crippen LogP contribution < -0.4 is 5.32 Å². The van der Waals surface area contributed by atoms with Crippen LogP contribution in [0, 0.1) is 11.3 Å². The van der Waals surface area contributed by atoms with Crippen LogP contribution in [0.1, 0.15) is 38.3 Å². The Kier molecular flexibility index (Phi) is 4.62. The molecule has 0 aliphatic carbocycles. The van der Waals surface area contributed by atoms with Gasteiger partial charge in [0.1, 0.15) is 17.9 Å². The molecule has 0 amide bonds. The predicted octanol–water partition coefficient (Wildman–Crippen LogP) is 2.03. The lowest BCUT2D eigenvalue weighted by molar-refractivity contribution is 0.0925. The van der Waals surface area contributed by atoms with Crippen LogP contribution in [0.4, 0.5) is 0 Å². The zero-order valence-corrected chi connectivity index (χ0v) is 10.8. The van der Waals surface area contributed by atoms with Crippen molar-refractivity contribution in [1.82, 2.24) is 10.3 Å². The zero-order valence-electron chi connectivity index (χ0n) is 10.8. The average molecular weight is 233 g/mol. The lowest BCUT2D eigenvalue weighted by Gasteiger charge is -2.24. The van der Waals surface area contributed by atoms with Gasteiger partial charge in [-0.25, -0.2) is 4.98 Å². The number of pyridine rings is 1. The van der Waals surface area contributed by atoms with Crippen molar-refractivity contribution in [2.24, 2.45) is 0 Å². The molecule has 0 fully saturated rings. The fraction of sp³-hybridized carbons (Fsp3) is 0.538. The highest BCUT2D eigenvalue weighted by Crippen LogP contribution is 2.14. The number of aromatic nitrogens is 1. The lowest BCUT2D eigenvalue weighted by atomic mass is 10.1. The first kappa shape index (κ1) is 13.6. The SMILES string of the molecule is COC(CNC(C)(C)C)c1cccc(C#N)n1. The molecule has 0 bridgehead atoms. The van der Waals surface area contributed by atoms with Crippen LogP contribution in [0.15, 0.2) is 18.2 Å². The van der Waals surface area contributed by atoms with Gasteiger partial charge in [0.25, 0.3) is 0 Å². The maximum Gasteiger partial charge on any atom is 0.140 e. The third kappa shape index (κ3) is 4.51. The fourth-order valence-corrected chi connectivity index (χ4v) is 1.40. The number of hydrogen-bond donors (Lipinski definition) is 1. The average Bonchev–Trinajstić information content (AvgIpc) is 2.29. The second kappa shape index (κ2) is 5.76. The molecule has 1 rings (SSSR count). The molecule has 0 aromatic carbocycles. The first-order valence-electron chi connectivity index (χ1n) is 5.61. The van der Waals surface area contributed by atoms with Crippen molar-refractivity contribution >= 4 is 0 Å². The van der Waals surface area contributed by atoms with Crippen LogP contribution in [-0.4, -0.2) is 24.2 Å². The van der Waals surface area contributed by atoms with E-state index < -0.39 is 0 Å². The minimum absolute atomic E-state index is 0.0314. The van der Waals surface area contributed by atoms with Crippen LogP contribution in [0.2, 0.25) is 0 Å². The zero-order chi connectivity index (χ0) is 12.9. The molecular formula is C13H19N3O. The summed E-state index contributed by atoms with van der Waals surface area (Å²) in [6.45, 7) is 6.96. The van der Waals surface area contributed by atoms with Gasteiger partial charge in [-0.05, 0) is 32.9 Å². The summed E-state index contributed by atoms with van der Waals surface area (Å²) in [7, 11) is 1.65. The van der Waals surface area contributed by atoms with E-state index in [2.05, 4.69) is 31.1 Å². The Morgan fingerprint density at radius 3 is 2.71 bits per heavy atom. The van der Waals surface area contributed by atoms with Crippen molar-refractivity contribution in [3.8, 4) is 6.07 Å². The summed E-state index contributed by atoms with van der Waals surface area (Å²) in [4.78, 5) is 4.24. The van der Waals surface area contributed by atoms with Gasteiger partial charge in [-0.15, -0.1) is 0 Å². The summed E-state index contributed by atoms with van der Waals surface area (Å²) in [5.74, 6) is 0. The summed E-state index contributed by atoms with van der Waals surface area (Å²) in [6.07, 6.45) is -0.137. The molecule has 1 heterocycles. The summed E-state index contributed by atoms with van der Waals surface area (Å²) in [5, 5.41) is 12.2. The van der Waals surface area contributed by atoms with E-state index in [4.69, 9.17) is 10.00 Å². The number of nitriles is 1. The Labute approximate surface area is 103 Å². The summed E-state index contributed by atoms with van der Waals surface area (Å²) in [6, 6.07) is 7.42. The standard InChI is InChI=1S/C13H19N3O/c1-13(2,3)15-9-12(17-4)11-7-5-6-10(8-14)16-11/h5-7,12,15H,9H2,1-4H3. The van der Waals surface area contributed by atoms with Crippen molar-refractivity contribution in [3.05, 3.63) is 29.6 Å². The lowest BCUT2D eigenvalue weighted by Crippen LogP contribution is -2.39. The van der Waals surface area contributed by atoms with Crippen molar-refractivity contribution in [2.75, 3.05) is 13.7 Å². The Bertz CT molecular complexity index is 404. The van der Waals surface area contributed by atoms with Crippen LogP contribution in [-0.2, 0) is 4.74 Å².